The van der Waals surface area contributed by atoms with Gasteiger partial charge in [0.2, 0.25) is 0 Å². The Morgan fingerprint density at radius 1 is 1.17 bits per heavy atom. The highest BCUT2D eigenvalue weighted by atomic mass is 79.9. The lowest BCUT2D eigenvalue weighted by molar-refractivity contribution is 0.476. The first-order chi connectivity index (χ1) is 8.60. The number of benzene rings is 2. The second-order valence-corrected chi connectivity index (χ2v) is 5.35. The van der Waals surface area contributed by atoms with Crippen LogP contribution < -0.4 is 10.0 Å². The van der Waals surface area contributed by atoms with E-state index in [-0.39, 0.29) is 0 Å². The Bertz CT molecular complexity index is 602. The summed E-state index contributed by atoms with van der Waals surface area (Å²) < 4.78 is 6.50. The van der Waals surface area contributed by atoms with Crippen molar-refractivity contribution in [1.29, 1.82) is 0 Å². The molecule has 2 aromatic rings. The van der Waals surface area contributed by atoms with Gasteiger partial charge in [-0.2, -0.15) is 0 Å². The summed E-state index contributed by atoms with van der Waals surface area (Å²) in [6.45, 7) is 1.98. The molecule has 18 heavy (non-hydrogen) atoms. The molecule has 1 unspecified atom stereocenters. The quantitative estimate of drug-likeness (QED) is 0.618. The summed E-state index contributed by atoms with van der Waals surface area (Å²) in [5.74, 6) is 1.44. The van der Waals surface area contributed by atoms with Crippen molar-refractivity contribution in [1.82, 2.24) is 0 Å². The predicted octanol–water partition coefficient (Wildman–Crippen LogP) is 4.45. The minimum Gasteiger partial charge on any atom is -0.456 e. The van der Waals surface area contributed by atoms with Crippen LogP contribution in [-0.4, -0.2) is 0 Å². The molecule has 0 spiro atoms. The van der Waals surface area contributed by atoms with Gasteiger partial charge >= 0.3 is 0 Å². The van der Waals surface area contributed by atoms with Crippen molar-refractivity contribution in [2.45, 2.75) is 6.92 Å². The van der Waals surface area contributed by atoms with Crippen molar-refractivity contribution < 1.29 is 4.74 Å². The van der Waals surface area contributed by atoms with Gasteiger partial charge in [-0.3, -0.25) is 0 Å². The minimum atomic E-state index is 0.367. The van der Waals surface area contributed by atoms with Crippen LogP contribution in [0.25, 0.3) is 0 Å². The fourth-order valence-corrected chi connectivity index (χ4v) is 2.33. The van der Waals surface area contributed by atoms with E-state index in [1.807, 2.05) is 25.1 Å². The minimum absolute atomic E-state index is 0.367. The number of ether oxygens (including phenoxy) is 1. The van der Waals surface area contributed by atoms with Crippen LogP contribution in [0.1, 0.15) is 5.56 Å². The normalized spacial score (nSPS) is 10.2. The zero-order chi connectivity index (χ0) is 13.1. The van der Waals surface area contributed by atoms with Crippen LogP contribution in [0.4, 0.5) is 5.69 Å². The van der Waals surface area contributed by atoms with E-state index in [1.54, 1.807) is 18.2 Å². The van der Waals surface area contributed by atoms with Crippen molar-refractivity contribution in [3.8, 4) is 11.5 Å². The number of nitroso groups, excluding NO2 is 1. The van der Waals surface area contributed by atoms with Crippen LogP contribution in [0.3, 0.4) is 0 Å². The van der Waals surface area contributed by atoms with Gasteiger partial charge in [0.25, 0.3) is 0 Å². The van der Waals surface area contributed by atoms with Gasteiger partial charge in [0.15, 0.2) is 0 Å². The summed E-state index contributed by atoms with van der Waals surface area (Å²) >= 11 is 3.36. The van der Waals surface area contributed by atoms with Gasteiger partial charge in [-0.05, 0) is 69.2 Å². The molecule has 92 valence electrons. The molecule has 0 heterocycles. The molecule has 2 aromatic carbocycles. The van der Waals surface area contributed by atoms with Crippen LogP contribution in [0.2, 0.25) is 0 Å². The molecule has 0 aliphatic rings. The molecule has 0 aliphatic heterocycles. The van der Waals surface area contributed by atoms with E-state index in [0.29, 0.717) is 15.9 Å². The van der Waals surface area contributed by atoms with Crippen molar-refractivity contribution >= 4 is 36.2 Å². The van der Waals surface area contributed by atoms with E-state index in [0.717, 1.165) is 16.6 Å². The number of rotatable bonds is 3. The van der Waals surface area contributed by atoms with Crippen LogP contribution >= 0.6 is 25.2 Å². The summed E-state index contributed by atoms with van der Waals surface area (Å²) in [6.07, 6.45) is 0. The predicted molar refractivity (Wildman–Crippen MR) is 80.2 cm³/mol. The molecule has 0 aliphatic carbocycles. The van der Waals surface area contributed by atoms with Gasteiger partial charge in [-0.15, -0.1) is 14.1 Å². The standard InChI is InChI=1S/C13H11BrNO2P/c1-8-6-10(18)3-5-12(8)17-13-4-2-9(15-16)7-11(13)14/h2-7H,18H2,1H3. The lowest BCUT2D eigenvalue weighted by atomic mass is 10.2. The number of hydrogen-bond acceptors (Lipinski definition) is 3. The maximum absolute atomic E-state index is 10.4. The third kappa shape index (κ3) is 2.95. The van der Waals surface area contributed by atoms with E-state index in [9.17, 15) is 4.91 Å². The lowest BCUT2D eigenvalue weighted by Gasteiger charge is -2.10. The average Bonchev–Trinajstić information content (AvgIpc) is 2.34. The molecule has 1 atom stereocenters. The summed E-state index contributed by atoms with van der Waals surface area (Å²) in [7, 11) is 2.65. The molecule has 0 bridgehead atoms. The third-order valence-corrected chi connectivity index (χ3v) is 3.42. The zero-order valence-electron chi connectivity index (χ0n) is 9.68. The van der Waals surface area contributed by atoms with Crippen molar-refractivity contribution in [3.05, 3.63) is 51.3 Å². The second kappa shape index (κ2) is 5.59. The number of nitrogens with zero attached hydrogens (tertiary/aromatic N) is 1. The van der Waals surface area contributed by atoms with Gasteiger partial charge in [0, 0.05) is 0 Å². The summed E-state index contributed by atoms with van der Waals surface area (Å²) in [4.78, 5) is 10.4. The number of halogens is 1. The van der Waals surface area contributed by atoms with Crippen LogP contribution in [-0.2, 0) is 0 Å². The Labute approximate surface area is 116 Å². The van der Waals surface area contributed by atoms with E-state index >= 15 is 0 Å². The van der Waals surface area contributed by atoms with Crippen LogP contribution in [0.5, 0.6) is 11.5 Å². The molecular formula is C13H11BrNO2P. The Morgan fingerprint density at radius 2 is 1.89 bits per heavy atom. The molecule has 0 amide bonds. The first-order valence-corrected chi connectivity index (χ1v) is 6.64. The van der Waals surface area contributed by atoms with E-state index in [2.05, 4.69) is 30.3 Å². The topological polar surface area (TPSA) is 38.7 Å². The Hall–Kier alpha value is -1.25. The average molecular weight is 324 g/mol. The molecule has 0 radical (unpaired) electrons. The molecule has 5 heteroatoms. The third-order valence-electron chi connectivity index (χ3n) is 2.44. The molecule has 0 saturated carbocycles. The number of aryl methyl sites for hydroxylation is 1. The fraction of sp³-hybridized carbons (Fsp3) is 0.0769. The van der Waals surface area contributed by atoms with E-state index < -0.39 is 0 Å². The largest absolute Gasteiger partial charge is 0.456 e. The van der Waals surface area contributed by atoms with Gasteiger partial charge in [0.1, 0.15) is 17.2 Å². The summed E-state index contributed by atoms with van der Waals surface area (Å²) in [5.41, 5.74) is 1.42. The lowest BCUT2D eigenvalue weighted by Crippen LogP contribution is -1.94. The highest BCUT2D eigenvalue weighted by molar-refractivity contribution is 9.10. The Kier molecular flexibility index (Phi) is 4.10. The maximum atomic E-state index is 10.4. The Morgan fingerprint density at radius 3 is 2.50 bits per heavy atom. The second-order valence-electron chi connectivity index (χ2n) is 3.83. The van der Waals surface area contributed by atoms with Gasteiger partial charge in [0.05, 0.1) is 4.47 Å². The molecule has 0 saturated heterocycles. The van der Waals surface area contributed by atoms with Gasteiger partial charge in [-0.25, -0.2) is 0 Å². The van der Waals surface area contributed by atoms with Gasteiger partial charge in [-0.1, -0.05) is 6.07 Å². The fourth-order valence-electron chi connectivity index (χ4n) is 1.53. The zero-order valence-corrected chi connectivity index (χ0v) is 12.4. The molecule has 0 N–H and O–H groups in total. The molecule has 3 nitrogen and oxygen atoms in total. The molecule has 0 aromatic heterocycles. The van der Waals surface area contributed by atoms with Gasteiger partial charge < -0.3 is 4.74 Å². The van der Waals surface area contributed by atoms with E-state index in [1.165, 1.54) is 0 Å². The first kappa shape index (κ1) is 13.2. The SMILES string of the molecule is Cc1cc(P)ccc1Oc1ccc(N=O)cc1Br. The molecular weight excluding hydrogens is 313 g/mol. The Balaban J connectivity index is 2.31. The number of hydrogen-bond donors (Lipinski definition) is 0. The highest BCUT2D eigenvalue weighted by Crippen LogP contribution is 2.33. The van der Waals surface area contributed by atoms with Crippen molar-refractivity contribution in [2.75, 3.05) is 0 Å². The molecule has 0 fully saturated rings. The molecule has 2 rings (SSSR count). The first-order valence-electron chi connectivity index (χ1n) is 5.27. The van der Waals surface area contributed by atoms with Crippen molar-refractivity contribution in [2.24, 2.45) is 5.18 Å². The smallest absolute Gasteiger partial charge is 0.141 e. The summed E-state index contributed by atoms with van der Waals surface area (Å²) in [6, 6.07) is 10.9. The summed E-state index contributed by atoms with van der Waals surface area (Å²) in [5, 5.41) is 3.98. The van der Waals surface area contributed by atoms with Crippen molar-refractivity contribution in [3.63, 3.8) is 0 Å². The maximum Gasteiger partial charge on any atom is 0.141 e. The van der Waals surface area contributed by atoms with E-state index in [4.69, 9.17) is 4.74 Å². The van der Waals surface area contributed by atoms with Crippen LogP contribution in [0, 0.1) is 11.8 Å². The van der Waals surface area contributed by atoms with Crippen LogP contribution in [0.15, 0.2) is 46.0 Å². The monoisotopic (exact) mass is 323 g/mol. The highest BCUT2D eigenvalue weighted by Gasteiger charge is 2.06.